The first-order valence-corrected chi connectivity index (χ1v) is 6.90. The van der Waals surface area contributed by atoms with E-state index in [0.717, 1.165) is 32.5 Å². The second-order valence-electron chi connectivity index (χ2n) is 6.24. The summed E-state index contributed by atoms with van der Waals surface area (Å²) in [5.41, 5.74) is 0.191. The molecular weight excluding hydrogens is 212 g/mol. The van der Waals surface area contributed by atoms with E-state index < -0.39 is 0 Å². The minimum atomic E-state index is 0.0675. The zero-order chi connectivity index (χ0) is 13.1. The number of nitrogens with one attached hydrogen (secondary N) is 1. The lowest BCUT2D eigenvalue weighted by atomic mass is 9.81. The van der Waals surface area contributed by atoms with Crippen molar-refractivity contribution in [2.75, 3.05) is 13.2 Å². The topological polar surface area (TPSA) is 32.3 Å². The Labute approximate surface area is 106 Å². The van der Waals surface area contributed by atoms with Crippen LogP contribution in [0.25, 0.3) is 0 Å². The summed E-state index contributed by atoms with van der Waals surface area (Å²) >= 11 is 0. The zero-order valence-corrected chi connectivity index (χ0v) is 12.0. The molecule has 1 saturated heterocycles. The molecular formula is C14H28N2O. The lowest BCUT2D eigenvalue weighted by Crippen LogP contribution is -2.39. The van der Waals surface area contributed by atoms with Gasteiger partial charge in [-0.2, -0.15) is 0 Å². The van der Waals surface area contributed by atoms with E-state index in [1.165, 1.54) is 0 Å². The molecule has 0 bridgehead atoms. The van der Waals surface area contributed by atoms with E-state index in [2.05, 4.69) is 39.9 Å². The number of rotatable bonds is 6. The second-order valence-corrected chi connectivity index (χ2v) is 6.24. The van der Waals surface area contributed by atoms with Gasteiger partial charge in [0.05, 0.1) is 12.7 Å². The summed E-state index contributed by atoms with van der Waals surface area (Å²) in [4.78, 5) is 14.2. The van der Waals surface area contributed by atoms with Gasteiger partial charge < -0.3 is 4.90 Å². The lowest BCUT2D eigenvalue weighted by Gasteiger charge is -2.33. The number of amides is 1. The van der Waals surface area contributed by atoms with E-state index in [1.54, 1.807) is 0 Å². The van der Waals surface area contributed by atoms with Gasteiger partial charge in [0.25, 0.3) is 0 Å². The summed E-state index contributed by atoms with van der Waals surface area (Å²) in [6.45, 7) is 12.7. The van der Waals surface area contributed by atoms with Crippen LogP contribution >= 0.6 is 0 Å². The second kappa shape index (κ2) is 5.85. The molecule has 3 nitrogen and oxygen atoms in total. The maximum absolute atomic E-state index is 12.2. The molecule has 0 aromatic carbocycles. The zero-order valence-electron chi connectivity index (χ0n) is 12.0. The molecule has 0 radical (unpaired) electrons. The fraction of sp³-hybridized carbons (Fsp3) is 0.929. The summed E-state index contributed by atoms with van der Waals surface area (Å²) < 4.78 is 0. The standard InChI is InChI=1S/C14H28N2O/c1-6-7-8-12-13(17)16(10-15-12)9-14(4,5)11(2)3/h11-12,15H,6-10H2,1-5H3. The van der Waals surface area contributed by atoms with E-state index in [4.69, 9.17) is 0 Å². The maximum Gasteiger partial charge on any atom is 0.240 e. The molecule has 1 atom stereocenters. The number of nitrogens with zero attached hydrogens (tertiary/aromatic N) is 1. The molecule has 0 aromatic heterocycles. The summed E-state index contributed by atoms with van der Waals surface area (Å²) in [6, 6.07) is 0.0675. The van der Waals surface area contributed by atoms with Crippen molar-refractivity contribution in [2.24, 2.45) is 11.3 Å². The van der Waals surface area contributed by atoms with Crippen LogP contribution in [-0.2, 0) is 4.79 Å². The van der Waals surface area contributed by atoms with Crippen molar-refractivity contribution in [3.63, 3.8) is 0 Å². The van der Waals surface area contributed by atoms with Crippen molar-refractivity contribution < 1.29 is 4.79 Å². The maximum atomic E-state index is 12.2. The van der Waals surface area contributed by atoms with Crippen molar-refractivity contribution in [1.82, 2.24) is 10.2 Å². The van der Waals surface area contributed by atoms with Crippen LogP contribution in [0.1, 0.15) is 53.9 Å². The molecule has 1 amide bonds. The first-order chi connectivity index (χ1) is 7.88. The Balaban J connectivity index is 2.50. The Morgan fingerprint density at radius 1 is 1.47 bits per heavy atom. The minimum Gasteiger partial charge on any atom is -0.328 e. The molecule has 1 fully saturated rings. The van der Waals surface area contributed by atoms with Gasteiger partial charge in [-0.1, -0.05) is 47.5 Å². The largest absolute Gasteiger partial charge is 0.328 e. The number of hydrogen-bond acceptors (Lipinski definition) is 2. The number of carbonyl (C=O) groups excluding carboxylic acids is 1. The van der Waals surface area contributed by atoms with E-state index >= 15 is 0 Å². The van der Waals surface area contributed by atoms with Crippen molar-refractivity contribution in [2.45, 2.75) is 59.9 Å². The Hall–Kier alpha value is -0.570. The minimum absolute atomic E-state index is 0.0675. The third-order valence-electron chi connectivity index (χ3n) is 4.15. The third kappa shape index (κ3) is 3.70. The molecule has 1 rings (SSSR count). The Kier molecular flexibility index (Phi) is 4.99. The van der Waals surface area contributed by atoms with Crippen LogP contribution in [-0.4, -0.2) is 30.1 Å². The SMILES string of the molecule is CCCCC1NCN(CC(C)(C)C(C)C)C1=O. The van der Waals surface area contributed by atoms with Gasteiger partial charge in [0.2, 0.25) is 5.91 Å². The Morgan fingerprint density at radius 2 is 2.12 bits per heavy atom. The molecule has 1 aliphatic rings. The van der Waals surface area contributed by atoms with Gasteiger partial charge in [-0.15, -0.1) is 0 Å². The Morgan fingerprint density at radius 3 is 2.65 bits per heavy atom. The predicted octanol–water partition coefficient (Wildman–Crippen LogP) is 2.62. The van der Waals surface area contributed by atoms with Crippen LogP contribution in [0.4, 0.5) is 0 Å². The summed E-state index contributed by atoms with van der Waals surface area (Å²) in [5.74, 6) is 0.886. The highest BCUT2D eigenvalue weighted by Crippen LogP contribution is 2.28. The summed E-state index contributed by atoms with van der Waals surface area (Å²) in [6.07, 6.45) is 3.27. The molecule has 3 heteroatoms. The molecule has 1 N–H and O–H groups in total. The van der Waals surface area contributed by atoms with Gasteiger partial charge in [-0.05, 0) is 17.8 Å². The molecule has 17 heavy (non-hydrogen) atoms. The van der Waals surface area contributed by atoms with Gasteiger partial charge in [0.15, 0.2) is 0 Å². The summed E-state index contributed by atoms with van der Waals surface area (Å²) in [5, 5.41) is 3.33. The van der Waals surface area contributed by atoms with E-state index in [0.29, 0.717) is 11.8 Å². The van der Waals surface area contributed by atoms with Gasteiger partial charge in [-0.3, -0.25) is 10.1 Å². The average molecular weight is 240 g/mol. The van der Waals surface area contributed by atoms with Crippen LogP contribution < -0.4 is 5.32 Å². The third-order valence-corrected chi connectivity index (χ3v) is 4.15. The average Bonchev–Trinajstić information content (AvgIpc) is 2.57. The van der Waals surface area contributed by atoms with Gasteiger partial charge in [-0.25, -0.2) is 0 Å². The highest BCUT2D eigenvalue weighted by Gasteiger charge is 2.34. The van der Waals surface area contributed by atoms with Gasteiger partial charge >= 0.3 is 0 Å². The quantitative estimate of drug-likeness (QED) is 0.774. The molecule has 0 saturated carbocycles. The van der Waals surface area contributed by atoms with Crippen molar-refractivity contribution in [1.29, 1.82) is 0 Å². The van der Waals surface area contributed by atoms with Gasteiger partial charge in [0.1, 0.15) is 0 Å². The smallest absolute Gasteiger partial charge is 0.240 e. The highest BCUT2D eigenvalue weighted by molar-refractivity contribution is 5.83. The normalized spacial score (nSPS) is 21.6. The van der Waals surface area contributed by atoms with Crippen molar-refractivity contribution >= 4 is 5.91 Å². The van der Waals surface area contributed by atoms with Gasteiger partial charge in [0, 0.05) is 6.54 Å². The number of hydrogen-bond donors (Lipinski definition) is 1. The molecule has 0 aliphatic carbocycles. The molecule has 1 aliphatic heterocycles. The highest BCUT2D eigenvalue weighted by atomic mass is 16.2. The van der Waals surface area contributed by atoms with Crippen LogP contribution in [0.5, 0.6) is 0 Å². The first-order valence-electron chi connectivity index (χ1n) is 6.90. The van der Waals surface area contributed by atoms with Crippen LogP contribution in [0.15, 0.2) is 0 Å². The molecule has 0 aromatic rings. The number of carbonyl (C=O) groups is 1. The van der Waals surface area contributed by atoms with Crippen LogP contribution in [0, 0.1) is 11.3 Å². The van der Waals surface area contributed by atoms with Crippen LogP contribution in [0.2, 0.25) is 0 Å². The lowest BCUT2D eigenvalue weighted by molar-refractivity contribution is -0.130. The fourth-order valence-corrected chi connectivity index (χ4v) is 2.05. The van der Waals surface area contributed by atoms with Crippen molar-refractivity contribution in [3.8, 4) is 0 Å². The van der Waals surface area contributed by atoms with E-state index in [1.807, 2.05) is 4.90 Å². The first kappa shape index (κ1) is 14.5. The molecule has 100 valence electrons. The van der Waals surface area contributed by atoms with E-state index in [-0.39, 0.29) is 11.5 Å². The summed E-state index contributed by atoms with van der Waals surface area (Å²) in [7, 11) is 0. The van der Waals surface area contributed by atoms with Crippen molar-refractivity contribution in [3.05, 3.63) is 0 Å². The monoisotopic (exact) mass is 240 g/mol. The van der Waals surface area contributed by atoms with Crippen LogP contribution in [0.3, 0.4) is 0 Å². The Bertz CT molecular complexity index is 261. The predicted molar refractivity (Wildman–Crippen MR) is 71.6 cm³/mol. The van der Waals surface area contributed by atoms with E-state index in [9.17, 15) is 4.79 Å². The fourth-order valence-electron chi connectivity index (χ4n) is 2.05. The molecule has 1 unspecified atom stereocenters. The molecule has 1 heterocycles. The number of unbranched alkanes of at least 4 members (excludes halogenated alkanes) is 1. The molecule has 0 spiro atoms.